The summed E-state index contributed by atoms with van der Waals surface area (Å²) < 4.78 is 4.98. The maximum Gasteiger partial charge on any atom is 0.434 e. The molecule has 96 valence electrons. The first kappa shape index (κ1) is 13.8. The summed E-state index contributed by atoms with van der Waals surface area (Å²) in [4.78, 5) is 24.8. The summed E-state index contributed by atoms with van der Waals surface area (Å²) in [7, 11) is 0. The molecule has 0 spiro atoms. The minimum absolute atomic E-state index is 0.00980. The van der Waals surface area contributed by atoms with E-state index in [1.165, 1.54) is 30.5 Å². The Morgan fingerprint density at radius 2 is 1.89 bits per heavy atom. The van der Waals surface area contributed by atoms with Gasteiger partial charge in [-0.25, -0.2) is 4.79 Å². The molecule has 0 unspecified atom stereocenters. The van der Waals surface area contributed by atoms with Gasteiger partial charge in [0.05, 0.1) is 4.92 Å². The number of hydrogen-bond acceptors (Lipinski definition) is 4. The molecule has 6 nitrogen and oxygen atoms in total. The van der Waals surface area contributed by atoms with Crippen molar-refractivity contribution in [2.24, 2.45) is 4.99 Å². The monoisotopic (exact) mass is 250 g/mol. The summed E-state index contributed by atoms with van der Waals surface area (Å²) in [6.07, 6.45) is 0.610. The summed E-state index contributed by atoms with van der Waals surface area (Å²) in [5.41, 5.74) is -0.0138. The van der Waals surface area contributed by atoms with E-state index in [-0.39, 0.29) is 5.69 Å². The molecule has 0 N–H and O–H groups in total. The lowest BCUT2D eigenvalue weighted by molar-refractivity contribution is -0.384. The fourth-order valence-corrected chi connectivity index (χ4v) is 1.10. The van der Waals surface area contributed by atoms with Crippen LogP contribution in [-0.4, -0.2) is 22.8 Å². The fraction of sp³-hybridized carbons (Fsp3) is 0.333. The van der Waals surface area contributed by atoms with E-state index in [0.29, 0.717) is 5.56 Å². The molecule has 1 rings (SSSR count). The summed E-state index contributed by atoms with van der Waals surface area (Å²) in [5.74, 6) is 0. The number of carbonyl (C=O) groups excluding carboxylic acids is 1. The highest BCUT2D eigenvalue weighted by Crippen LogP contribution is 2.11. The van der Waals surface area contributed by atoms with Crippen LogP contribution in [-0.2, 0) is 4.74 Å². The molecule has 0 fully saturated rings. The van der Waals surface area contributed by atoms with Crippen LogP contribution in [0.5, 0.6) is 0 Å². The molecular formula is C12H14N2O4. The van der Waals surface area contributed by atoms with Gasteiger partial charge in [0.2, 0.25) is 0 Å². The van der Waals surface area contributed by atoms with Crippen LogP contribution in [0.4, 0.5) is 10.5 Å². The second kappa shape index (κ2) is 5.39. The first-order chi connectivity index (χ1) is 8.28. The highest BCUT2D eigenvalue weighted by atomic mass is 16.6. The quantitative estimate of drug-likeness (QED) is 0.459. The third kappa shape index (κ3) is 4.73. The molecule has 18 heavy (non-hydrogen) atoms. The standard InChI is InChI=1S/C12H14N2O4/c1-12(2,3)18-11(15)13-8-9-4-6-10(7-5-9)14(16)17/h4-8H,1-3H3/b13-8+. The average Bonchev–Trinajstić information content (AvgIpc) is 2.24. The van der Waals surface area contributed by atoms with Gasteiger partial charge in [-0.15, -0.1) is 0 Å². The highest BCUT2D eigenvalue weighted by Gasteiger charge is 2.14. The molecule has 0 bridgehead atoms. The van der Waals surface area contributed by atoms with Gasteiger partial charge < -0.3 is 4.74 Å². The van der Waals surface area contributed by atoms with E-state index in [9.17, 15) is 14.9 Å². The second-order valence-electron chi connectivity index (χ2n) is 4.59. The summed E-state index contributed by atoms with van der Waals surface area (Å²) in [6.45, 7) is 5.23. The zero-order valence-electron chi connectivity index (χ0n) is 10.4. The Morgan fingerprint density at radius 3 is 2.33 bits per heavy atom. The maximum absolute atomic E-state index is 11.3. The molecule has 0 aliphatic rings. The van der Waals surface area contributed by atoms with Gasteiger partial charge in [0.1, 0.15) is 5.60 Å². The van der Waals surface area contributed by atoms with Crippen LogP contribution >= 0.6 is 0 Å². The van der Waals surface area contributed by atoms with Crippen molar-refractivity contribution in [3.63, 3.8) is 0 Å². The summed E-state index contributed by atoms with van der Waals surface area (Å²) in [6, 6.07) is 5.70. The first-order valence-electron chi connectivity index (χ1n) is 5.29. The molecule has 1 amide bonds. The first-order valence-corrected chi connectivity index (χ1v) is 5.29. The molecule has 0 aromatic heterocycles. The van der Waals surface area contributed by atoms with E-state index in [2.05, 4.69) is 4.99 Å². The van der Waals surface area contributed by atoms with Gasteiger partial charge in [0.15, 0.2) is 0 Å². The number of aliphatic imine (C=N–C) groups is 1. The molecule has 0 aliphatic carbocycles. The number of non-ortho nitro benzene ring substituents is 1. The average molecular weight is 250 g/mol. The summed E-state index contributed by atoms with van der Waals surface area (Å²) in [5, 5.41) is 10.4. The molecule has 1 aromatic rings. The van der Waals surface area contributed by atoms with Crippen molar-refractivity contribution >= 4 is 18.0 Å². The Kier molecular flexibility index (Phi) is 4.14. The van der Waals surface area contributed by atoms with Crippen LogP contribution < -0.4 is 0 Å². The minimum Gasteiger partial charge on any atom is -0.442 e. The van der Waals surface area contributed by atoms with E-state index in [1.54, 1.807) is 20.8 Å². The van der Waals surface area contributed by atoms with Gasteiger partial charge >= 0.3 is 6.09 Å². The fourth-order valence-electron chi connectivity index (χ4n) is 1.10. The normalized spacial score (nSPS) is 11.5. The van der Waals surface area contributed by atoms with Gasteiger partial charge in [0.25, 0.3) is 5.69 Å². The number of nitrogens with zero attached hydrogens (tertiary/aromatic N) is 2. The van der Waals surface area contributed by atoms with Crippen LogP contribution in [0.1, 0.15) is 26.3 Å². The van der Waals surface area contributed by atoms with Crippen LogP contribution in [0.25, 0.3) is 0 Å². The van der Waals surface area contributed by atoms with E-state index in [4.69, 9.17) is 4.74 Å². The lowest BCUT2D eigenvalue weighted by Gasteiger charge is -2.16. The number of benzene rings is 1. The maximum atomic E-state index is 11.3. The predicted molar refractivity (Wildman–Crippen MR) is 66.9 cm³/mol. The second-order valence-corrected chi connectivity index (χ2v) is 4.59. The van der Waals surface area contributed by atoms with E-state index in [1.807, 2.05) is 0 Å². The Labute approximate surface area is 104 Å². The number of nitro groups is 1. The third-order valence-corrected chi connectivity index (χ3v) is 1.82. The van der Waals surface area contributed by atoms with Crippen molar-refractivity contribution in [3.05, 3.63) is 39.9 Å². The van der Waals surface area contributed by atoms with Crippen molar-refractivity contribution in [1.82, 2.24) is 0 Å². The Hall–Kier alpha value is -2.24. The predicted octanol–water partition coefficient (Wildman–Crippen LogP) is 2.95. The molecule has 0 aliphatic heterocycles. The molecule has 0 saturated carbocycles. The minimum atomic E-state index is -0.694. The molecule has 0 radical (unpaired) electrons. The number of amides is 1. The lowest BCUT2D eigenvalue weighted by atomic mass is 10.2. The van der Waals surface area contributed by atoms with Crippen molar-refractivity contribution in [2.75, 3.05) is 0 Å². The van der Waals surface area contributed by atoms with E-state index in [0.717, 1.165) is 0 Å². The SMILES string of the molecule is CC(C)(C)OC(=O)/N=C/c1ccc([N+](=O)[O-])cc1. The van der Waals surface area contributed by atoms with Crippen LogP contribution in [0.2, 0.25) is 0 Å². The van der Waals surface area contributed by atoms with Gasteiger partial charge in [-0.2, -0.15) is 4.99 Å². The largest absolute Gasteiger partial charge is 0.442 e. The van der Waals surface area contributed by atoms with Gasteiger partial charge in [-0.05, 0) is 38.5 Å². The lowest BCUT2D eigenvalue weighted by Crippen LogP contribution is -2.21. The number of ether oxygens (including phenoxy) is 1. The van der Waals surface area contributed by atoms with E-state index < -0.39 is 16.6 Å². The summed E-state index contributed by atoms with van der Waals surface area (Å²) >= 11 is 0. The molecule has 0 atom stereocenters. The highest BCUT2D eigenvalue weighted by molar-refractivity contribution is 5.89. The van der Waals surface area contributed by atoms with Crippen LogP contribution in [0.15, 0.2) is 29.3 Å². The zero-order chi connectivity index (χ0) is 13.8. The Balaban J connectivity index is 2.67. The Morgan fingerprint density at radius 1 is 1.33 bits per heavy atom. The van der Waals surface area contributed by atoms with Crippen molar-refractivity contribution in [3.8, 4) is 0 Å². The zero-order valence-corrected chi connectivity index (χ0v) is 10.4. The third-order valence-electron chi connectivity index (χ3n) is 1.82. The number of hydrogen-bond donors (Lipinski definition) is 0. The van der Waals surface area contributed by atoms with Gasteiger partial charge in [-0.1, -0.05) is 0 Å². The van der Waals surface area contributed by atoms with Crippen LogP contribution in [0.3, 0.4) is 0 Å². The molecule has 1 aromatic carbocycles. The molecule has 0 saturated heterocycles. The molecule has 0 heterocycles. The molecule has 6 heteroatoms. The van der Waals surface area contributed by atoms with Gasteiger partial charge in [0, 0.05) is 18.3 Å². The molecular weight excluding hydrogens is 236 g/mol. The smallest absolute Gasteiger partial charge is 0.434 e. The van der Waals surface area contributed by atoms with Crippen molar-refractivity contribution in [2.45, 2.75) is 26.4 Å². The number of nitro benzene ring substituents is 1. The van der Waals surface area contributed by atoms with Crippen molar-refractivity contribution in [1.29, 1.82) is 0 Å². The number of carbonyl (C=O) groups is 1. The van der Waals surface area contributed by atoms with E-state index >= 15 is 0 Å². The Bertz CT molecular complexity index is 472. The van der Waals surface area contributed by atoms with Gasteiger partial charge in [-0.3, -0.25) is 10.1 Å². The number of rotatable bonds is 2. The van der Waals surface area contributed by atoms with Crippen molar-refractivity contribution < 1.29 is 14.5 Å². The van der Waals surface area contributed by atoms with Crippen LogP contribution in [0, 0.1) is 10.1 Å². The topological polar surface area (TPSA) is 81.8 Å².